The molecule has 0 amide bonds. The molecule has 2 fully saturated rings. The molecule has 0 saturated carbocycles. The Kier molecular flexibility index (Phi) is 4.85. The van der Waals surface area contributed by atoms with Crippen molar-refractivity contribution < 1.29 is 13.5 Å². The molecule has 0 spiro atoms. The van der Waals surface area contributed by atoms with Gasteiger partial charge in [0.1, 0.15) is 11.9 Å². The second-order valence-electron chi connectivity index (χ2n) is 5.40. The molecular weight excluding hydrogens is 294 g/mol. The van der Waals surface area contributed by atoms with E-state index < -0.39 is 11.6 Å². The lowest BCUT2D eigenvalue weighted by molar-refractivity contribution is 0.184. The quantitative estimate of drug-likeness (QED) is 0.927. The zero-order chi connectivity index (χ0) is 14.7. The largest absolute Gasteiger partial charge is 0.487 e. The van der Waals surface area contributed by atoms with E-state index in [1.807, 2.05) is 16.7 Å². The third-order valence-electron chi connectivity index (χ3n) is 3.92. The van der Waals surface area contributed by atoms with Gasteiger partial charge in [0.25, 0.3) is 0 Å². The summed E-state index contributed by atoms with van der Waals surface area (Å²) in [5.41, 5.74) is 0.443. The van der Waals surface area contributed by atoms with Crippen LogP contribution in [0.25, 0.3) is 0 Å². The van der Waals surface area contributed by atoms with Crippen LogP contribution in [0.3, 0.4) is 0 Å². The molecule has 0 aliphatic carbocycles. The minimum Gasteiger partial charge on any atom is -0.487 e. The molecule has 0 unspecified atom stereocenters. The minimum absolute atomic E-state index is 0.0436. The average Bonchev–Trinajstić information content (AvgIpc) is 2.52. The SMILES string of the molecule is Fc1cc(F)c(N2CCNCC2)cc1OC1CCSCC1. The van der Waals surface area contributed by atoms with Gasteiger partial charge >= 0.3 is 0 Å². The predicted octanol–water partition coefficient (Wildman–Crippen LogP) is 2.65. The maximum absolute atomic E-state index is 14.0. The number of anilines is 1. The number of thioether (sulfide) groups is 1. The van der Waals surface area contributed by atoms with Gasteiger partial charge in [-0.3, -0.25) is 0 Å². The van der Waals surface area contributed by atoms with E-state index in [2.05, 4.69) is 5.32 Å². The van der Waals surface area contributed by atoms with Gasteiger partial charge in [0, 0.05) is 38.3 Å². The number of halogens is 2. The van der Waals surface area contributed by atoms with Crippen LogP contribution in [0, 0.1) is 11.6 Å². The van der Waals surface area contributed by atoms with Gasteiger partial charge in [0.05, 0.1) is 5.69 Å². The highest BCUT2D eigenvalue weighted by Crippen LogP contribution is 2.31. The summed E-state index contributed by atoms with van der Waals surface area (Å²) in [5, 5.41) is 3.22. The fourth-order valence-corrected chi connectivity index (χ4v) is 3.79. The summed E-state index contributed by atoms with van der Waals surface area (Å²) in [5.74, 6) is 1.14. The van der Waals surface area contributed by atoms with Crippen molar-refractivity contribution in [2.24, 2.45) is 0 Å². The molecule has 0 atom stereocenters. The lowest BCUT2D eigenvalue weighted by atomic mass is 10.2. The van der Waals surface area contributed by atoms with Gasteiger partial charge in [-0.1, -0.05) is 0 Å². The van der Waals surface area contributed by atoms with Crippen LogP contribution in [0.5, 0.6) is 5.75 Å². The average molecular weight is 314 g/mol. The zero-order valence-electron chi connectivity index (χ0n) is 11.9. The van der Waals surface area contributed by atoms with Crippen molar-refractivity contribution in [2.75, 3.05) is 42.6 Å². The van der Waals surface area contributed by atoms with Crippen molar-refractivity contribution in [2.45, 2.75) is 18.9 Å². The third kappa shape index (κ3) is 3.61. The maximum Gasteiger partial charge on any atom is 0.168 e. The van der Waals surface area contributed by atoms with Gasteiger partial charge in [-0.2, -0.15) is 11.8 Å². The summed E-state index contributed by atoms with van der Waals surface area (Å²) in [6.07, 6.45) is 1.89. The van der Waals surface area contributed by atoms with Crippen LogP contribution in [0.15, 0.2) is 12.1 Å². The Morgan fingerprint density at radius 3 is 2.52 bits per heavy atom. The number of benzene rings is 1. The van der Waals surface area contributed by atoms with Crippen LogP contribution in [0.2, 0.25) is 0 Å². The number of rotatable bonds is 3. The molecular formula is C15H20F2N2OS. The van der Waals surface area contributed by atoms with Crippen molar-refractivity contribution in [1.29, 1.82) is 0 Å². The van der Waals surface area contributed by atoms with E-state index in [-0.39, 0.29) is 11.9 Å². The number of nitrogens with one attached hydrogen (secondary N) is 1. The molecule has 2 aliphatic heterocycles. The molecule has 1 aromatic carbocycles. The van der Waals surface area contributed by atoms with Crippen molar-refractivity contribution in [3.8, 4) is 5.75 Å². The lowest BCUT2D eigenvalue weighted by Gasteiger charge is -2.30. The molecule has 2 heterocycles. The van der Waals surface area contributed by atoms with Crippen LogP contribution < -0.4 is 15.0 Å². The topological polar surface area (TPSA) is 24.5 Å². The van der Waals surface area contributed by atoms with Gasteiger partial charge in [-0.05, 0) is 24.3 Å². The Morgan fingerprint density at radius 1 is 1.10 bits per heavy atom. The summed E-state index contributed by atoms with van der Waals surface area (Å²) in [6, 6.07) is 2.47. The molecule has 0 aromatic heterocycles. The van der Waals surface area contributed by atoms with Gasteiger partial charge in [0.2, 0.25) is 0 Å². The first kappa shape index (κ1) is 14.9. The van der Waals surface area contributed by atoms with E-state index in [1.54, 1.807) is 0 Å². The Morgan fingerprint density at radius 2 is 1.81 bits per heavy atom. The second kappa shape index (κ2) is 6.83. The van der Waals surface area contributed by atoms with Gasteiger partial charge in [-0.25, -0.2) is 8.78 Å². The Bertz CT molecular complexity index is 489. The van der Waals surface area contributed by atoms with E-state index in [1.165, 1.54) is 6.07 Å². The molecule has 1 aromatic rings. The Labute approximate surface area is 128 Å². The summed E-state index contributed by atoms with van der Waals surface area (Å²) < 4.78 is 33.8. The summed E-state index contributed by atoms with van der Waals surface area (Å²) in [4.78, 5) is 1.94. The molecule has 0 bridgehead atoms. The highest BCUT2D eigenvalue weighted by Gasteiger charge is 2.21. The third-order valence-corrected chi connectivity index (χ3v) is 4.97. The van der Waals surface area contributed by atoms with E-state index in [0.717, 1.165) is 56.6 Å². The highest BCUT2D eigenvalue weighted by molar-refractivity contribution is 7.99. The zero-order valence-corrected chi connectivity index (χ0v) is 12.7. The molecule has 2 aliphatic rings. The number of hydrogen-bond donors (Lipinski definition) is 1. The molecule has 116 valence electrons. The Hall–Kier alpha value is -1.01. The first-order valence-corrected chi connectivity index (χ1v) is 8.58. The molecule has 1 N–H and O–H groups in total. The normalized spacial score (nSPS) is 20.6. The van der Waals surface area contributed by atoms with E-state index in [4.69, 9.17) is 4.74 Å². The van der Waals surface area contributed by atoms with Crippen LogP contribution in [-0.2, 0) is 0 Å². The monoisotopic (exact) mass is 314 g/mol. The summed E-state index contributed by atoms with van der Waals surface area (Å²) in [6.45, 7) is 3.07. The summed E-state index contributed by atoms with van der Waals surface area (Å²) in [7, 11) is 0. The van der Waals surface area contributed by atoms with E-state index >= 15 is 0 Å². The van der Waals surface area contributed by atoms with E-state index in [0.29, 0.717) is 5.69 Å². The van der Waals surface area contributed by atoms with Crippen molar-refractivity contribution >= 4 is 17.4 Å². The Balaban J connectivity index is 1.79. The number of nitrogens with zero attached hydrogens (tertiary/aromatic N) is 1. The molecule has 3 nitrogen and oxygen atoms in total. The second-order valence-corrected chi connectivity index (χ2v) is 6.63. The standard InChI is InChI=1S/C15H20F2N2OS/c16-12-9-13(17)15(20-11-1-7-21-8-2-11)10-14(12)19-5-3-18-4-6-19/h9-11,18H,1-8H2. The highest BCUT2D eigenvalue weighted by atomic mass is 32.2. The first-order chi connectivity index (χ1) is 10.2. The van der Waals surface area contributed by atoms with Crippen LogP contribution in [-0.4, -0.2) is 43.8 Å². The maximum atomic E-state index is 14.0. The smallest absolute Gasteiger partial charge is 0.168 e. The fraction of sp³-hybridized carbons (Fsp3) is 0.600. The lowest BCUT2D eigenvalue weighted by Crippen LogP contribution is -2.43. The molecule has 2 saturated heterocycles. The molecule has 3 rings (SSSR count). The van der Waals surface area contributed by atoms with Crippen molar-refractivity contribution in [3.05, 3.63) is 23.8 Å². The first-order valence-electron chi connectivity index (χ1n) is 7.43. The molecule has 6 heteroatoms. The van der Waals surface area contributed by atoms with Crippen LogP contribution in [0.4, 0.5) is 14.5 Å². The number of piperazine rings is 1. The molecule has 21 heavy (non-hydrogen) atoms. The number of hydrogen-bond acceptors (Lipinski definition) is 4. The van der Waals surface area contributed by atoms with Crippen molar-refractivity contribution in [3.63, 3.8) is 0 Å². The van der Waals surface area contributed by atoms with Crippen LogP contribution in [0.1, 0.15) is 12.8 Å². The van der Waals surface area contributed by atoms with Gasteiger partial charge in [0.15, 0.2) is 11.6 Å². The van der Waals surface area contributed by atoms with Crippen LogP contribution >= 0.6 is 11.8 Å². The minimum atomic E-state index is -0.607. The van der Waals surface area contributed by atoms with Crippen molar-refractivity contribution in [1.82, 2.24) is 5.32 Å². The molecule has 0 radical (unpaired) electrons. The summed E-state index contributed by atoms with van der Waals surface area (Å²) >= 11 is 1.89. The number of ether oxygens (including phenoxy) is 1. The fourth-order valence-electron chi connectivity index (χ4n) is 2.73. The van der Waals surface area contributed by atoms with Gasteiger partial charge in [-0.15, -0.1) is 0 Å². The van der Waals surface area contributed by atoms with Gasteiger partial charge < -0.3 is 15.0 Å². The predicted molar refractivity (Wildman–Crippen MR) is 82.4 cm³/mol. The van der Waals surface area contributed by atoms with E-state index in [9.17, 15) is 8.78 Å².